The molecule has 11 heavy (non-hydrogen) atoms. The summed E-state index contributed by atoms with van der Waals surface area (Å²) in [7, 11) is 1.69. The highest BCUT2D eigenvalue weighted by Gasteiger charge is 1.91. The summed E-state index contributed by atoms with van der Waals surface area (Å²) in [5.74, 6) is 0.262. The summed E-state index contributed by atoms with van der Waals surface area (Å²) >= 11 is 0. The topological polar surface area (TPSA) is 60.8 Å². The molecule has 0 saturated carbocycles. The molecule has 0 fully saturated rings. The van der Waals surface area contributed by atoms with Crippen LogP contribution in [-0.4, -0.2) is 18.0 Å². The molecule has 0 atom stereocenters. The average Bonchev–Trinajstić information content (AvgIpc) is 2.06. The van der Waals surface area contributed by atoms with Gasteiger partial charge in [0.2, 0.25) is 0 Å². The third-order valence-corrected chi connectivity index (χ3v) is 1.18. The van der Waals surface area contributed by atoms with E-state index in [1.165, 1.54) is 0 Å². The molecule has 1 heterocycles. The van der Waals surface area contributed by atoms with E-state index in [1.807, 2.05) is 12.1 Å². The predicted octanol–water partition coefficient (Wildman–Crippen LogP) is 0.648. The molecular weight excluding hydrogens is 140 g/mol. The van der Waals surface area contributed by atoms with Gasteiger partial charge in [-0.15, -0.1) is 0 Å². The molecule has 1 aromatic rings. The number of aromatic nitrogens is 1. The molecular formula is C7H10N4. The van der Waals surface area contributed by atoms with Crippen LogP contribution in [0, 0.1) is 5.41 Å². The van der Waals surface area contributed by atoms with Gasteiger partial charge in [0.05, 0.1) is 11.9 Å². The van der Waals surface area contributed by atoms with Crippen molar-refractivity contribution in [3.05, 3.63) is 24.5 Å². The first-order valence-electron chi connectivity index (χ1n) is 3.26. The summed E-state index contributed by atoms with van der Waals surface area (Å²) in [6, 6.07) is 3.66. The number of rotatable bonds is 1. The maximum absolute atomic E-state index is 7.22. The van der Waals surface area contributed by atoms with Gasteiger partial charge in [-0.25, -0.2) is 0 Å². The van der Waals surface area contributed by atoms with Crippen molar-refractivity contribution in [1.82, 2.24) is 10.3 Å². The fourth-order valence-electron chi connectivity index (χ4n) is 0.644. The molecule has 0 spiro atoms. The molecule has 4 nitrogen and oxygen atoms in total. The molecule has 4 heteroatoms. The Bertz CT molecular complexity index is 231. The van der Waals surface area contributed by atoms with Crippen molar-refractivity contribution in [2.24, 2.45) is 0 Å². The van der Waals surface area contributed by atoms with Gasteiger partial charge in [0.1, 0.15) is 0 Å². The van der Waals surface area contributed by atoms with Crippen LogP contribution in [0.2, 0.25) is 0 Å². The number of hydrogen-bond donors (Lipinski definition) is 3. The number of hydrogen-bond acceptors (Lipinski definition) is 2. The van der Waals surface area contributed by atoms with E-state index in [1.54, 1.807) is 19.4 Å². The number of anilines is 1. The Morgan fingerprint density at radius 1 is 1.64 bits per heavy atom. The van der Waals surface area contributed by atoms with Crippen LogP contribution >= 0.6 is 0 Å². The number of nitrogens with zero attached hydrogens (tertiary/aromatic N) is 1. The van der Waals surface area contributed by atoms with E-state index in [9.17, 15) is 0 Å². The average molecular weight is 150 g/mol. The van der Waals surface area contributed by atoms with Gasteiger partial charge in [0.15, 0.2) is 5.96 Å². The van der Waals surface area contributed by atoms with Gasteiger partial charge >= 0.3 is 0 Å². The van der Waals surface area contributed by atoms with E-state index in [2.05, 4.69) is 15.6 Å². The van der Waals surface area contributed by atoms with Gasteiger partial charge < -0.3 is 10.6 Å². The van der Waals surface area contributed by atoms with E-state index in [4.69, 9.17) is 5.41 Å². The van der Waals surface area contributed by atoms with Crippen molar-refractivity contribution in [1.29, 1.82) is 5.41 Å². The molecule has 0 unspecified atom stereocenters. The highest BCUT2D eigenvalue weighted by atomic mass is 15.1. The molecule has 0 saturated heterocycles. The third kappa shape index (κ3) is 2.25. The Kier molecular flexibility index (Phi) is 2.43. The summed E-state index contributed by atoms with van der Waals surface area (Å²) in [5.41, 5.74) is 0.812. The lowest BCUT2D eigenvalue weighted by Crippen LogP contribution is -2.25. The van der Waals surface area contributed by atoms with Crippen LogP contribution in [0.1, 0.15) is 0 Å². The fraction of sp³-hybridized carbons (Fsp3) is 0.143. The van der Waals surface area contributed by atoms with E-state index in [-0.39, 0.29) is 5.96 Å². The third-order valence-electron chi connectivity index (χ3n) is 1.18. The van der Waals surface area contributed by atoms with Crippen LogP contribution in [0.15, 0.2) is 24.5 Å². The van der Waals surface area contributed by atoms with Gasteiger partial charge in [0.25, 0.3) is 0 Å². The van der Waals surface area contributed by atoms with E-state index in [0.29, 0.717) is 0 Å². The Hall–Kier alpha value is -1.58. The molecule has 0 aliphatic rings. The molecule has 1 rings (SSSR count). The lowest BCUT2D eigenvalue weighted by Gasteiger charge is -2.04. The Morgan fingerprint density at radius 2 is 2.45 bits per heavy atom. The zero-order valence-corrected chi connectivity index (χ0v) is 6.26. The second-order valence-corrected chi connectivity index (χ2v) is 1.99. The van der Waals surface area contributed by atoms with E-state index in [0.717, 1.165) is 5.69 Å². The molecule has 0 bridgehead atoms. The van der Waals surface area contributed by atoms with Crippen molar-refractivity contribution in [2.75, 3.05) is 12.4 Å². The molecule has 1 aromatic heterocycles. The van der Waals surface area contributed by atoms with Crippen LogP contribution in [-0.2, 0) is 0 Å². The summed E-state index contributed by atoms with van der Waals surface area (Å²) in [6.45, 7) is 0. The summed E-state index contributed by atoms with van der Waals surface area (Å²) in [5, 5.41) is 12.7. The van der Waals surface area contributed by atoms with Crippen LogP contribution in [0.3, 0.4) is 0 Å². The Balaban J connectivity index is 2.58. The Morgan fingerprint density at radius 3 is 3.00 bits per heavy atom. The molecule has 0 radical (unpaired) electrons. The summed E-state index contributed by atoms with van der Waals surface area (Å²) in [6.07, 6.45) is 3.35. The van der Waals surface area contributed by atoms with E-state index < -0.39 is 0 Å². The number of nitrogens with one attached hydrogen (secondary N) is 3. The summed E-state index contributed by atoms with van der Waals surface area (Å²) in [4.78, 5) is 3.89. The quantitative estimate of drug-likeness (QED) is 0.407. The van der Waals surface area contributed by atoms with Gasteiger partial charge in [-0.1, -0.05) is 0 Å². The first-order valence-corrected chi connectivity index (χ1v) is 3.26. The van der Waals surface area contributed by atoms with Gasteiger partial charge in [-0.3, -0.25) is 10.4 Å². The number of pyridine rings is 1. The maximum atomic E-state index is 7.22. The van der Waals surface area contributed by atoms with Crippen LogP contribution in [0.25, 0.3) is 0 Å². The minimum absolute atomic E-state index is 0.262. The highest BCUT2D eigenvalue weighted by Crippen LogP contribution is 2.00. The Labute approximate surface area is 65.2 Å². The number of guanidine groups is 1. The standard InChI is InChI=1S/C7H10N4/c1-9-7(8)11-6-3-2-4-10-5-6/h2-5H,1H3,(H3,8,9,11). The van der Waals surface area contributed by atoms with Gasteiger partial charge in [-0.05, 0) is 12.1 Å². The van der Waals surface area contributed by atoms with Crippen LogP contribution in [0.4, 0.5) is 5.69 Å². The molecule has 3 N–H and O–H groups in total. The molecule has 0 aliphatic carbocycles. The lowest BCUT2D eigenvalue weighted by molar-refractivity contribution is 1.13. The first kappa shape index (κ1) is 7.53. The minimum Gasteiger partial charge on any atom is -0.359 e. The monoisotopic (exact) mass is 150 g/mol. The first-order chi connectivity index (χ1) is 5.33. The van der Waals surface area contributed by atoms with E-state index >= 15 is 0 Å². The second-order valence-electron chi connectivity index (χ2n) is 1.99. The second kappa shape index (κ2) is 3.55. The smallest absolute Gasteiger partial charge is 0.192 e. The van der Waals surface area contributed by atoms with Gasteiger partial charge in [-0.2, -0.15) is 0 Å². The van der Waals surface area contributed by atoms with Crippen molar-refractivity contribution in [3.8, 4) is 0 Å². The molecule has 0 aliphatic heterocycles. The normalized spacial score (nSPS) is 8.82. The van der Waals surface area contributed by atoms with Crippen LogP contribution < -0.4 is 10.6 Å². The highest BCUT2D eigenvalue weighted by molar-refractivity contribution is 5.90. The predicted molar refractivity (Wildman–Crippen MR) is 44.6 cm³/mol. The molecule has 58 valence electrons. The zero-order chi connectivity index (χ0) is 8.10. The maximum Gasteiger partial charge on any atom is 0.192 e. The SMILES string of the molecule is CNC(=N)Nc1cccnc1. The summed E-state index contributed by atoms with van der Waals surface area (Å²) < 4.78 is 0. The molecule has 0 amide bonds. The van der Waals surface area contributed by atoms with Crippen molar-refractivity contribution in [2.45, 2.75) is 0 Å². The largest absolute Gasteiger partial charge is 0.359 e. The fourth-order valence-corrected chi connectivity index (χ4v) is 0.644. The van der Waals surface area contributed by atoms with Crippen molar-refractivity contribution in [3.63, 3.8) is 0 Å². The van der Waals surface area contributed by atoms with Gasteiger partial charge in [0, 0.05) is 13.2 Å². The lowest BCUT2D eigenvalue weighted by atomic mass is 10.4. The van der Waals surface area contributed by atoms with Crippen LogP contribution in [0.5, 0.6) is 0 Å². The minimum atomic E-state index is 0.262. The van der Waals surface area contributed by atoms with Crippen molar-refractivity contribution >= 4 is 11.6 Å². The molecule has 0 aromatic carbocycles. The van der Waals surface area contributed by atoms with Crippen molar-refractivity contribution < 1.29 is 0 Å². The zero-order valence-electron chi connectivity index (χ0n) is 6.26.